The van der Waals surface area contributed by atoms with Crippen LogP contribution in [0.5, 0.6) is 0 Å². The number of benzene rings is 3. The molecule has 3 rings (SSSR count). The van der Waals surface area contributed by atoms with Gasteiger partial charge in [-0.2, -0.15) is 5.10 Å². The molecule has 0 fully saturated rings. The third-order valence-electron chi connectivity index (χ3n) is 3.77. The molecule has 0 atom stereocenters. The van der Waals surface area contributed by atoms with Gasteiger partial charge in [-0.05, 0) is 28.8 Å². The number of carbonyl (C=O) groups is 1. The largest absolute Gasteiger partial charge is 0.272 e. The fourth-order valence-electron chi connectivity index (χ4n) is 2.61. The molecule has 3 nitrogen and oxygen atoms in total. The number of nitrogens with one attached hydrogen (secondary N) is 1. The quantitative estimate of drug-likeness (QED) is 0.530. The second-order valence-electron chi connectivity index (χ2n) is 5.54. The van der Waals surface area contributed by atoms with Crippen LogP contribution >= 0.6 is 11.6 Å². The van der Waals surface area contributed by atoms with Crippen LogP contribution in [0, 0.1) is 0 Å². The molecule has 0 saturated heterocycles. The van der Waals surface area contributed by atoms with Gasteiger partial charge in [0.25, 0.3) is 5.91 Å². The second-order valence-corrected chi connectivity index (χ2v) is 5.98. The molecule has 3 aromatic carbocycles. The van der Waals surface area contributed by atoms with Gasteiger partial charge in [-0.25, -0.2) is 5.43 Å². The maximum atomic E-state index is 12.8. The predicted octanol–water partition coefficient (Wildman–Crippen LogP) is 4.62. The van der Waals surface area contributed by atoms with Gasteiger partial charge >= 0.3 is 0 Å². The highest BCUT2D eigenvalue weighted by Gasteiger charge is 2.22. The van der Waals surface area contributed by atoms with Crippen LogP contribution in [0.25, 0.3) is 0 Å². The number of amides is 1. The highest BCUT2D eigenvalue weighted by molar-refractivity contribution is 6.30. The smallest absolute Gasteiger partial charge is 0.252 e. The molecule has 0 heterocycles. The van der Waals surface area contributed by atoms with Crippen molar-refractivity contribution >= 4 is 23.7 Å². The predicted molar refractivity (Wildman–Crippen MR) is 102 cm³/mol. The van der Waals surface area contributed by atoms with E-state index in [4.69, 9.17) is 11.6 Å². The minimum atomic E-state index is -0.418. The van der Waals surface area contributed by atoms with Crippen molar-refractivity contribution in [3.05, 3.63) is 107 Å². The van der Waals surface area contributed by atoms with E-state index in [1.165, 1.54) is 0 Å². The van der Waals surface area contributed by atoms with Crippen molar-refractivity contribution in [3.8, 4) is 0 Å². The first-order chi connectivity index (χ1) is 12.2. The van der Waals surface area contributed by atoms with Crippen molar-refractivity contribution in [2.45, 2.75) is 5.92 Å². The minimum absolute atomic E-state index is 0.185. The van der Waals surface area contributed by atoms with Crippen LogP contribution in [0.2, 0.25) is 5.02 Å². The molecule has 0 saturated carbocycles. The summed E-state index contributed by atoms with van der Waals surface area (Å²) in [6.07, 6.45) is 1.58. The monoisotopic (exact) mass is 348 g/mol. The van der Waals surface area contributed by atoms with Crippen LogP contribution in [0.1, 0.15) is 22.6 Å². The second kappa shape index (κ2) is 8.27. The molecular formula is C21H17ClN2O. The number of hydrogen-bond donors (Lipinski definition) is 1. The van der Waals surface area contributed by atoms with Gasteiger partial charge in [0.05, 0.1) is 12.1 Å². The Morgan fingerprint density at radius 1 is 0.880 bits per heavy atom. The van der Waals surface area contributed by atoms with E-state index in [0.29, 0.717) is 5.02 Å². The van der Waals surface area contributed by atoms with Crippen LogP contribution in [0.15, 0.2) is 90.0 Å². The lowest BCUT2D eigenvalue weighted by atomic mass is 9.91. The van der Waals surface area contributed by atoms with Crippen LogP contribution in [0.3, 0.4) is 0 Å². The van der Waals surface area contributed by atoms with E-state index in [0.717, 1.165) is 16.7 Å². The van der Waals surface area contributed by atoms with Gasteiger partial charge < -0.3 is 0 Å². The summed E-state index contributed by atoms with van der Waals surface area (Å²) in [5.41, 5.74) is 5.30. The van der Waals surface area contributed by atoms with E-state index < -0.39 is 5.92 Å². The molecule has 0 bridgehead atoms. The number of halogens is 1. The highest BCUT2D eigenvalue weighted by Crippen LogP contribution is 2.24. The van der Waals surface area contributed by atoms with Gasteiger partial charge in [0, 0.05) is 5.02 Å². The first kappa shape index (κ1) is 16.9. The van der Waals surface area contributed by atoms with E-state index in [1.54, 1.807) is 18.3 Å². The van der Waals surface area contributed by atoms with Gasteiger partial charge in [-0.15, -0.1) is 0 Å². The summed E-state index contributed by atoms with van der Waals surface area (Å²) in [5.74, 6) is -0.602. The topological polar surface area (TPSA) is 41.5 Å². The first-order valence-electron chi connectivity index (χ1n) is 7.92. The third-order valence-corrected chi connectivity index (χ3v) is 4.00. The molecule has 3 aromatic rings. The van der Waals surface area contributed by atoms with E-state index in [-0.39, 0.29) is 5.91 Å². The molecule has 0 aliphatic heterocycles. The Morgan fingerprint density at radius 2 is 1.48 bits per heavy atom. The average Bonchev–Trinajstić information content (AvgIpc) is 2.64. The van der Waals surface area contributed by atoms with Crippen molar-refractivity contribution < 1.29 is 4.79 Å². The van der Waals surface area contributed by atoms with Crippen molar-refractivity contribution in [2.24, 2.45) is 5.10 Å². The lowest BCUT2D eigenvalue weighted by Crippen LogP contribution is -2.26. The standard InChI is InChI=1S/C21H17ClN2O/c22-19-13-7-8-16(14-19)15-23-24-21(25)20(17-9-3-1-4-10-17)18-11-5-2-6-12-18/h1-15,20H,(H,24,25). The number of nitrogens with zero attached hydrogens (tertiary/aromatic N) is 1. The first-order valence-corrected chi connectivity index (χ1v) is 8.30. The fourth-order valence-corrected chi connectivity index (χ4v) is 2.81. The summed E-state index contributed by atoms with van der Waals surface area (Å²) < 4.78 is 0. The maximum Gasteiger partial charge on any atom is 0.252 e. The summed E-state index contributed by atoms with van der Waals surface area (Å²) in [6, 6.07) is 26.6. The fraction of sp³-hybridized carbons (Fsp3) is 0.0476. The van der Waals surface area contributed by atoms with Crippen LogP contribution in [-0.2, 0) is 4.79 Å². The maximum absolute atomic E-state index is 12.8. The van der Waals surface area contributed by atoms with Crippen LogP contribution in [0.4, 0.5) is 0 Å². The number of hydrogen-bond acceptors (Lipinski definition) is 2. The molecule has 1 N–H and O–H groups in total. The molecule has 25 heavy (non-hydrogen) atoms. The zero-order valence-corrected chi connectivity index (χ0v) is 14.2. The average molecular weight is 349 g/mol. The van der Waals surface area contributed by atoms with Crippen LogP contribution < -0.4 is 5.43 Å². The minimum Gasteiger partial charge on any atom is -0.272 e. The lowest BCUT2D eigenvalue weighted by Gasteiger charge is -2.16. The summed E-state index contributed by atoms with van der Waals surface area (Å²) >= 11 is 5.95. The molecule has 0 aliphatic carbocycles. The Labute approximate surface area is 152 Å². The Balaban J connectivity index is 1.80. The van der Waals surface area contributed by atoms with E-state index in [1.807, 2.05) is 72.8 Å². The van der Waals surface area contributed by atoms with E-state index >= 15 is 0 Å². The van der Waals surface area contributed by atoms with Crippen molar-refractivity contribution in [3.63, 3.8) is 0 Å². The van der Waals surface area contributed by atoms with Crippen molar-refractivity contribution in [1.82, 2.24) is 5.43 Å². The molecule has 1 amide bonds. The Morgan fingerprint density at radius 3 is 2.04 bits per heavy atom. The number of hydrazone groups is 1. The lowest BCUT2D eigenvalue weighted by molar-refractivity contribution is -0.121. The molecule has 0 spiro atoms. The van der Waals surface area contributed by atoms with Crippen LogP contribution in [-0.4, -0.2) is 12.1 Å². The Hall–Kier alpha value is -2.91. The normalized spacial score (nSPS) is 11.0. The van der Waals surface area contributed by atoms with Gasteiger partial charge in [-0.1, -0.05) is 84.4 Å². The molecule has 4 heteroatoms. The van der Waals surface area contributed by atoms with E-state index in [2.05, 4.69) is 10.5 Å². The summed E-state index contributed by atoms with van der Waals surface area (Å²) in [7, 11) is 0. The summed E-state index contributed by atoms with van der Waals surface area (Å²) in [6.45, 7) is 0. The number of carbonyl (C=O) groups excluding carboxylic acids is 1. The van der Waals surface area contributed by atoms with Gasteiger partial charge in [0.15, 0.2) is 0 Å². The van der Waals surface area contributed by atoms with Gasteiger partial charge in [-0.3, -0.25) is 4.79 Å². The van der Waals surface area contributed by atoms with Gasteiger partial charge in [0.2, 0.25) is 0 Å². The highest BCUT2D eigenvalue weighted by atomic mass is 35.5. The molecule has 0 radical (unpaired) electrons. The Kier molecular flexibility index (Phi) is 5.60. The van der Waals surface area contributed by atoms with Crippen molar-refractivity contribution in [1.29, 1.82) is 0 Å². The molecule has 0 aromatic heterocycles. The molecular weight excluding hydrogens is 332 g/mol. The van der Waals surface area contributed by atoms with Gasteiger partial charge in [0.1, 0.15) is 0 Å². The summed E-state index contributed by atoms with van der Waals surface area (Å²) in [4.78, 5) is 12.8. The molecule has 0 unspecified atom stereocenters. The SMILES string of the molecule is O=C(NN=Cc1cccc(Cl)c1)C(c1ccccc1)c1ccccc1. The van der Waals surface area contributed by atoms with E-state index in [9.17, 15) is 4.79 Å². The molecule has 124 valence electrons. The Bertz CT molecular complexity index is 824. The zero-order chi connectivity index (χ0) is 17.5. The zero-order valence-electron chi connectivity index (χ0n) is 13.5. The molecule has 0 aliphatic rings. The summed E-state index contributed by atoms with van der Waals surface area (Å²) in [5, 5.41) is 4.70. The number of rotatable bonds is 5. The third kappa shape index (κ3) is 4.55. The van der Waals surface area contributed by atoms with Crippen molar-refractivity contribution in [2.75, 3.05) is 0 Å².